The van der Waals surface area contributed by atoms with E-state index in [1.54, 1.807) is 22.4 Å². The maximum absolute atomic E-state index is 12.5. The second-order valence-corrected chi connectivity index (χ2v) is 8.93. The maximum atomic E-state index is 12.5. The molecule has 1 aliphatic rings. The van der Waals surface area contributed by atoms with Crippen molar-refractivity contribution in [2.45, 2.75) is 25.9 Å². The van der Waals surface area contributed by atoms with E-state index in [0.29, 0.717) is 19.5 Å². The predicted molar refractivity (Wildman–Crippen MR) is 93.6 cm³/mol. The number of nitrogens with zero attached hydrogens (tertiary/aromatic N) is 2. The highest BCUT2D eigenvalue weighted by atomic mass is 32.2. The summed E-state index contributed by atoms with van der Waals surface area (Å²) in [5.41, 5.74) is 1.80. The van der Waals surface area contributed by atoms with E-state index in [0.717, 1.165) is 16.1 Å². The standard InChI is InChI=1S/C15H20N4O3S2/c1-2-19(12-5-7-24(21,22)10-12)15(20)16-8-11-9-17-18-14(11)13-4-3-6-23-13/h3-4,6,9,12H,2,5,7-8,10H2,1H3,(H,16,20)(H,17,18)/t12-/m1/s1. The van der Waals surface area contributed by atoms with Gasteiger partial charge in [-0.25, -0.2) is 13.2 Å². The molecule has 2 aromatic heterocycles. The van der Waals surface area contributed by atoms with Crippen molar-refractivity contribution in [2.24, 2.45) is 0 Å². The number of urea groups is 1. The van der Waals surface area contributed by atoms with Crippen LogP contribution in [0.5, 0.6) is 0 Å². The Labute approximate surface area is 145 Å². The van der Waals surface area contributed by atoms with Gasteiger partial charge in [0.05, 0.1) is 28.3 Å². The lowest BCUT2D eigenvalue weighted by atomic mass is 10.2. The summed E-state index contributed by atoms with van der Waals surface area (Å²) in [5, 5.41) is 11.9. The molecule has 0 bridgehead atoms. The van der Waals surface area contributed by atoms with Gasteiger partial charge in [-0.15, -0.1) is 11.3 Å². The average molecular weight is 368 g/mol. The van der Waals surface area contributed by atoms with E-state index in [2.05, 4.69) is 15.5 Å². The number of hydrogen-bond acceptors (Lipinski definition) is 5. The number of amides is 2. The van der Waals surface area contributed by atoms with Crippen LogP contribution in [0.2, 0.25) is 0 Å². The molecule has 0 spiro atoms. The Balaban J connectivity index is 1.64. The first-order valence-electron chi connectivity index (χ1n) is 7.81. The molecule has 2 N–H and O–H groups in total. The first-order valence-corrected chi connectivity index (χ1v) is 10.5. The summed E-state index contributed by atoms with van der Waals surface area (Å²) in [7, 11) is -3.01. The summed E-state index contributed by atoms with van der Waals surface area (Å²) in [6.07, 6.45) is 2.21. The molecule has 1 atom stereocenters. The van der Waals surface area contributed by atoms with E-state index in [1.165, 1.54) is 0 Å². The highest BCUT2D eigenvalue weighted by molar-refractivity contribution is 7.91. The van der Waals surface area contributed by atoms with Crippen LogP contribution in [0.4, 0.5) is 4.79 Å². The molecule has 7 nitrogen and oxygen atoms in total. The molecular formula is C15H20N4O3S2. The summed E-state index contributed by atoms with van der Waals surface area (Å²) in [6.45, 7) is 2.69. The number of aromatic nitrogens is 2. The third-order valence-electron chi connectivity index (χ3n) is 4.17. The number of carbonyl (C=O) groups is 1. The third-order valence-corrected chi connectivity index (χ3v) is 6.80. The Morgan fingerprint density at radius 3 is 3.00 bits per heavy atom. The topological polar surface area (TPSA) is 95.2 Å². The average Bonchev–Trinajstić information content (AvgIpc) is 3.26. The number of sulfone groups is 1. The molecule has 3 heterocycles. The summed E-state index contributed by atoms with van der Waals surface area (Å²) in [6, 6.07) is 3.48. The predicted octanol–water partition coefficient (Wildman–Crippen LogP) is 1.86. The molecule has 9 heteroatoms. The zero-order valence-electron chi connectivity index (χ0n) is 13.4. The van der Waals surface area contributed by atoms with Crippen molar-refractivity contribution in [1.29, 1.82) is 0 Å². The number of thiophene rings is 1. The lowest BCUT2D eigenvalue weighted by Crippen LogP contribution is -2.46. The lowest BCUT2D eigenvalue weighted by molar-refractivity contribution is 0.183. The monoisotopic (exact) mass is 368 g/mol. The van der Waals surface area contributed by atoms with Crippen LogP contribution in [0.15, 0.2) is 23.7 Å². The van der Waals surface area contributed by atoms with Crippen molar-refractivity contribution in [1.82, 2.24) is 20.4 Å². The van der Waals surface area contributed by atoms with E-state index in [1.807, 2.05) is 24.4 Å². The van der Waals surface area contributed by atoms with Gasteiger partial charge in [0.25, 0.3) is 0 Å². The second-order valence-electron chi connectivity index (χ2n) is 5.75. The number of aromatic amines is 1. The Morgan fingerprint density at radius 1 is 1.54 bits per heavy atom. The normalized spacial score (nSPS) is 19.3. The lowest BCUT2D eigenvalue weighted by Gasteiger charge is -2.27. The van der Waals surface area contributed by atoms with Crippen molar-refractivity contribution in [3.63, 3.8) is 0 Å². The largest absolute Gasteiger partial charge is 0.334 e. The van der Waals surface area contributed by atoms with Gasteiger partial charge in [-0.1, -0.05) is 6.07 Å². The van der Waals surface area contributed by atoms with E-state index in [4.69, 9.17) is 0 Å². The van der Waals surface area contributed by atoms with Crippen molar-refractivity contribution >= 4 is 27.2 Å². The molecule has 0 aliphatic carbocycles. The highest BCUT2D eigenvalue weighted by Gasteiger charge is 2.33. The fourth-order valence-electron chi connectivity index (χ4n) is 2.94. The van der Waals surface area contributed by atoms with Gasteiger partial charge >= 0.3 is 6.03 Å². The van der Waals surface area contributed by atoms with Crippen LogP contribution in [0.25, 0.3) is 10.6 Å². The molecule has 24 heavy (non-hydrogen) atoms. The molecule has 2 aromatic rings. The van der Waals surface area contributed by atoms with Crippen molar-refractivity contribution in [3.05, 3.63) is 29.3 Å². The Bertz CT molecular complexity index is 799. The molecule has 1 aliphatic heterocycles. The van der Waals surface area contributed by atoms with Crippen molar-refractivity contribution < 1.29 is 13.2 Å². The van der Waals surface area contributed by atoms with E-state index < -0.39 is 9.84 Å². The van der Waals surface area contributed by atoms with Gasteiger partial charge in [-0.2, -0.15) is 5.10 Å². The van der Waals surface area contributed by atoms with Gasteiger partial charge in [0.2, 0.25) is 0 Å². The smallest absolute Gasteiger partial charge is 0.317 e. The number of rotatable bonds is 5. The zero-order valence-corrected chi connectivity index (χ0v) is 15.0. The van der Waals surface area contributed by atoms with Gasteiger partial charge in [0.1, 0.15) is 0 Å². The van der Waals surface area contributed by atoms with E-state index in [9.17, 15) is 13.2 Å². The summed E-state index contributed by atoms with van der Waals surface area (Å²) in [5.74, 6) is 0.214. The van der Waals surface area contributed by atoms with Gasteiger partial charge in [-0.05, 0) is 24.8 Å². The van der Waals surface area contributed by atoms with Gasteiger partial charge in [-0.3, -0.25) is 5.10 Å². The molecule has 0 unspecified atom stereocenters. The summed E-state index contributed by atoms with van der Waals surface area (Å²) in [4.78, 5) is 15.1. The quantitative estimate of drug-likeness (QED) is 0.842. The highest BCUT2D eigenvalue weighted by Crippen LogP contribution is 2.25. The summed E-state index contributed by atoms with van der Waals surface area (Å²) < 4.78 is 23.3. The number of H-pyrrole nitrogens is 1. The molecule has 2 amide bonds. The van der Waals surface area contributed by atoms with Crippen LogP contribution >= 0.6 is 11.3 Å². The van der Waals surface area contributed by atoms with Crippen molar-refractivity contribution in [2.75, 3.05) is 18.1 Å². The molecule has 0 saturated carbocycles. The van der Waals surface area contributed by atoms with Gasteiger partial charge < -0.3 is 10.2 Å². The van der Waals surface area contributed by atoms with Gasteiger partial charge in [0.15, 0.2) is 9.84 Å². The minimum Gasteiger partial charge on any atom is -0.334 e. The molecule has 130 valence electrons. The zero-order chi connectivity index (χ0) is 17.2. The maximum Gasteiger partial charge on any atom is 0.317 e. The SMILES string of the molecule is CCN(C(=O)NCc1cn[nH]c1-c1cccs1)[C@@H]1CCS(=O)(=O)C1. The van der Waals surface area contributed by atoms with Crippen molar-refractivity contribution in [3.8, 4) is 10.6 Å². The Hall–Kier alpha value is -1.87. The van der Waals surface area contributed by atoms with E-state index >= 15 is 0 Å². The van der Waals surface area contributed by atoms with Gasteiger partial charge in [0, 0.05) is 24.7 Å². The third kappa shape index (κ3) is 3.62. The Kier molecular flexibility index (Phi) is 4.91. The fourth-order valence-corrected chi connectivity index (χ4v) is 5.43. The molecule has 3 rings (SSSR count). The first kappa shape index (κ1) is 17.0. The second kappa shape index (κ2) is 6.94. The molecule has 0 radical (unpaired) electrons. The minimum absolute atomic E-state index is 0.0560. The first-order chi connectivity index (χ1) is 11.5. The minimum atomic E-state index is -3.01. The van der Waals surface area contributed by atoms with Crippen LogP contribution in [0.3, 0.4) is 0 Å². The van der Waals surface area contributed by atoms with Crippen LogP contribution in [0, 0.1) is 0 Å². The van der Waals surface area contributed by atoms with Crippen LogP contribution in [-0.2, 0) is 16.4 Å². The van der Waals surface area contributed by atoms with Crippen LogP contribution < -0.4 is 5.32 Å². The molecule has 1 fully saturated rings. The summed E-state index contributed by atoms with van der Waals surface area (Å²) >= 11 is 1.60. The van der Waals surface area contributed by atoms with Crippen LogP contribution in [-0.4, -0.2) is 53.6 Å². The molecule has 1 saturated heterocycles. The molecular weight excluding hydrogens is 348 g/mol. The van der Waals surface area contributed by atoms with Crippen LogP contribution in [0.1, 0.15) is 18.9 Å². The number of hydrogen-bond donors (Lipinski definition) is 2. The number of carbonyl (C=O) groups excluding carboxylic acids is 1. The van der Waals surface area contributed by atoms with E-state index in [-0.39, 0.29) is 23.6 Å². The Morgan fingerprint density at radius 2 is 2.38 bits per heavy atom. The fraction of sp³-hybridized carbons (Fsp3) is 0.467. The molecule has 0 aromatic carbocycles. The number of nitrogens with one attached hydrogen (secondary N) is 2.